The zero-order valence-electron chi connectivity index (χ0n) is 32.8. The molecule has 4 aromatic carbocycles. The molecule has 5 aromatic rings. The Hall–Kier alpha value is -4.77. The van der Waals surface area contributed by atoms with Gasteiger partial charge in [0, 0.05) is 31.7 Å². The second-order valence-corrected chi connectivity index (χ2v) is 14.7. The van der Waals surface area contributed by atoms with Crippen LogP contribution in [0.4, 0.5) is 0 Å². The van der Waals surface area contributed by atoms with E-state index in [1.165, 1.54) is 30.5 Å². The minimum Gasteiger partial charge on any atom is -0.494 e. The minimum atomic E-state index is 0.575. The van der Waals surface area contributed by atoms with Crippen LogP contribution >= 0.6 is 11.3 Å². The smallest absolute Gasteiger partial charge is 0.203 e. The SMILES string of the molecule is COc1ccc(/C=C\c2cc(OC)c(OC)c(OC)c2)cc1OCCCCCN1CCN(CCCCCOc2ccc(-c3nc4ccccc4s3)cc2)CC1. The van der Waals surface area contributed by atoms with Crippen molar-refractivity contribution in [3.63, 3.8) is 0 Å². The van der Waals surface area contributed by atoms with Crippen molar-refractivity contribution in [3.05, 3.63) is 90.0 Å². The molecule has 0 amide bonds. The third-order valence-corrected chi connectivity index (χ3v) is 11.1. The van der Waals surface area contributed by atoms with Gasteiger partial charge in [0.05, 0.1) is 51.9 Å². The maximum atomic E-state index is 6.20. The summed E-state index contributed by atoms with van der Waals surface area (Å²) in [5.41, 5.74) is 4.14. The third kappa shape index (κ3) is 11.4. The molecule has 1 aliphatic rings. The highest BCUT2D eigenvalue weighted by molar-refractivity contribution is 7.21. The van der Waals surface area contributed by atoms with Gasteiger partial charge in [-0.1, -0.05) is 30.4 Å². The molecule has 0 bridgehead atoms. The van der Waals surface area contributed by atoms with E-state index in [4.69, 9.17) is 33.4 Å². The minimum absolute atomic E-state index is 0.575. The molecule has 0 unspecified atom stereocenters. The molecule has 55 heavy (non-hydrogen) atoms. The molecule has 0 saturated carbocycles. The van der Waals surface area contributed by atoms with Crippen LogP contribution in [-0.4, -0.2) is 95.7 Å². The Morgan fingerprint density at radius 3 is 1.80 bits per heavy atom. The van der Waals surface area contributed by atoms with E-state index in [-0.39, 0.29) is 0 Å². The fourth-order valence-corrected chi connectivity index (χ4v) is 7.80. The number of thiazole rings is 1. The number of piperazine rings is 1. The van der Waals surface area contributed by atoms with Crippen molar-refractivity contribution in [2.45, 2.75) is 38.5 Å². The summed E-state index contributed by atoms with van der Waals surface area (Å²) < 4.78 is 35.5. The number of hydrogen-bond acceptors (Lipinski definition) is 10. The molecule has 1 fully saturated rings. The van der Waals surface area contributed by atoms with E-state index in [9.17, 15) is 0 Å². The van der Waals surface area contributed by atoms with Crippen LogP contribution in [-0.2, 0) is 0 Å². The standard InChI is InChI=1S/C45H55N3O6S/c1-49-39-22-17-34(15-16-35-32-41(50-2)44(52-4)42(33-35)51-3)31-40(39)54-30-12-6-10-24-48-27-25-47(26-28-48)23-9-5-11-29-53-37-20-18-36(19-21-37)45-46-38-13-7-8-14-43(38)55-45/h7-8,13-22,31-33H,5-6,9-12,23-30H2,1-4H3/b16-15-. The lowest BCUT2D eigenvalue weighted by atomic mass is 10.1. The van der Waals surface area contributed by atoms with E-state index < -0.39 is 0 Å². The summed E-state index contributed by atoms with van der Waals surface area (Å²) in [7, 11) is 6.52. The van der Waals surface area contributed by atoms with Gasteiger partial charge < -0.3 is 38.2 Å². The number of fused-ring (bicyclic) bond motifs is 1. The number of rotatable bonds is 21. The Morgan fingerprint density at radius 2 is 1.18 bits per heavy atom. The molecule has 1 saturated heterocycles. The van der Waals surface area contributed by atoms with Crippen molar-refractivity contribution in [2.75, 3.05) is 80.9 Å². The van der Waals surface area contributed by atoms with Crippen molar-refractivity contribution < 1.29 is 28.4 Å². The van der Waals surface area contributed by atoms with Gasteiger partial charge in [0.25, 0.3) is 0 Å². The van der Waals surface area contributed by atoms with Crippen LogP contribution in [0.15, 0.2) is 78.9 Å². The Balaban J connectivity index is 0.815. The molecule has 0 atom stereocenters. The Kier molecular flexibility index (Phi) is 15.1. The second-order valence-electron chi connectivity index (χ2n) is 13.7. The predicted molar refractivity (Wildman–Crippen MR) is 225 cm³/mol. The van der Waals surface area contributed by atoms with Gasteiger partial charge in [-0.15, -0.1) is 11.3 Å². The monoisotopic (exact) mass is 765 g/mol. The number of benzene rings is 4. The topological polar surface area (TPSA) is 74.8 Å². The first-order valence-electron chi connectivity index (χ1n) is 19.4. The molecule has 1 aliphatic heterocycles. The van der Waals surface area contributed by atoms with Gasteiger partial charge in [0.2, 0.25) is 5.75 Å². The summed E-state index contributed by atoms with van der Waals surface area (Å²) in [4.78, 5) is 9.99. The number of methoxy groups -OCH3 is 4. The number of ether oxygens (including phenoxy) is 6. The van der Waals surface area contributed by atoms with Gasteiger partial charge in [0.1, 0.15) is 10.8 Å². The van der Waals surface area contributed by atoms with Gasteiger partial charge >= 0.3 is 0 Å². The molecule has 9 nitrogen and oxygen atoms in total. The lowest BCUT2D eigenvalue weighted by Crippen LogP contribution is -2.46. The largest absolute Gasteiger partial charge is 0.494 e. The Bertz CT molecular complexity index is 1900. The molecule has 1 aromatic heterocycles. The molecule has 0 spiro atoms. The highest BCUT2D eigenvalue weighted by Gasteiger charge is 2.16. The number of unbranched alkanes of at least 4 members (excludes halogenated alkanes) is 4. The maximum absolute atomic E-state index is 6.20. The first-order valence-corrected chi connectivity index (χ1v) is 20.2. The van der Waals surface area contributed by atoms with E-state index in [0.29, 0.717) is 23.9 Å². The first-order chi connectivity index (χ1) is 27.1. The number of aromatic nitrogens is 1. The van der Waals surface area contributed by atoms with Gasteiger partial charge in [-0.25, -0.2) is 4.98 Å². The maximum Gasteiger partial charge on any atom is 0.203 e. The third-order valence-electron chi connectivity index (χ3n) is 9.97. The second kappa shape index (κ2) is 20.8. The van der Waals surface area contributed by atoms with Gasteiger partial charge in [0.15, 0.2) is 23.0 Å². The first kappa shape index (κ1) is 39.9. The van der Waals surface area contributed by atoms with Crippen LogP contribution in [0.25, 0.3) is 32.9 Å². The summed E-state index contributed by atoms with van der Waals surface area (Å²) in [6.45, 7) is 8.36. The summed E-state index contributed by atoms with van der Waals surface area (Å²) in [6.07, 6.45) is 10.9. The predicted octanol–water partition coefficient (Wildman–Crippen LogP) is 9.58. The van der Waals surface area contributed by atoms with Crippen molar-refractivity contribution in [2.24, 2.45) is 0 Å². The van der Waals surface area contributed by atoms with E-state index in [1.807, 2.05) is 48.6 Å². The van der Waals surface area contributed by atoms with Crippen LogP contribution in [0.2, 0.25) is 0 Å². The number of nitrogens with zero attached hydrogens (tertiary/aromatic N) is 3. The molecule has 6 rings (SSSR count). The lowest BCUT2D eigenvalue weighted by molar-refractivity contribution is 0.128. The van der Waals surface area contributed by atoms with E-state index in [1.54, 1.807) is 39.8 Å². The Morgan fingerprint density at radius 1 is 0.582 bits per heavy atom. The quantitative estimate of drug-likeness (QED) is 0.0537. The van der Waals surface area contributed by atoms with Crippen LogP contribution < -0.4 is 28.4 Å². The zero-order valence-corrected chi connectivity index (χ0v) is 33.6. The summed E-state index contributed by atoms with van der Waals surface area (Å²) >= 11 is 1.73. The fraction of sp³-hybridized carbons (Fsp3) is 0.400. The van der Waals surface area contributed by atoms with Crippen molar-refractivity contribution in [1.29, 1.82) is 0 Å². The van der Waals surface area contributed by atoms with Crippen molar-refractivity contribution in [3.8, 4) is 45.1 Å². The Labute approximate surface area is 330 Å². The molecule has 0 aliphatic carbocycles. The summed E-state index contributed by atoms with van der Waals surface area (Å²) in [5, 5.41) is 1.05. The number of hydrogen-bond donors (Lipinski definition) is 0. The normalized spacial score (nSPS) is 13.7. The van der Waals surface area contributed by atoms with Gasteiger partial charge in [-0.3, -0.25) is 0 Å². The van der Waals surface area contributed by atoms with Gasteiger partial charge in [-0.05, 0) is 123 Å². The number of para-hydroxylation sites is 1. The highest BCUT2D eigenvalue weighted by Crippen LogP contribution is 2.39. The van der Waals surface area contributed by atoms with Crippen LogP contribution in [0, 0.1) is 0 Å². The molecule has 0 N–H and O–H groups in total. The van der Waals surface area contributed by atoms with E-state index >= 15 is 0 Å². The average molecular weight is 766 g/mol. The van der Waals surface area contributed by atoms with E-state index in [0.717, 1.165) is 103 Å². The molecule has 0 radical (unpaired) electrons. The summed E-state index contributed by atoms with van der Waals surface area (Å²) in [5.74, 6) is 4.23. The van der Waals surface area contributed by atoms with E-state index in [2.05, 4.69) is 52.3 Å². The van der Waals surface area contributed by atoms with Crippen LogP contribution in [0.1, 0.15) is 49.7 Å². The average Bonchev–Trinajstić information content (AvgIpc) is 3.67. The molecular formula is C45H55N3O6S. The molecular weight excluding hydrogens is 711 g/mol. The van der Waals surface area contributed by atoms with Crippen LogP contribution in [0.3, 0.4) is 0 Å². The molecule has 2 heterocycles. The van der Waals surface area contributed by atoms with Crippen LogP contribution in [0.5, 0.6) is 34.5 Å². The molecule has 292 valence electrons. The van der Waals surface area contributed by atoms with Gasteiger partial charge in [-0.2, -0.15) is 0 Å². The molecule has 10 heteroatoms. The fourth-order valence-electron chi connectivity index (χ4n) is 6.83. The lowest BCUT2D eigenvalue weighted by Gasteiger charge is -2.34. The van der Waals surface area contributed by atoms with Crippen molar-refractivity contribution >= 4 is 33.7 Å². The zero-order chi connectivity index (χ0) is 38.2. The highest BCUT2D eigenvalue weighted by atomic mass is 32.1. The van der Waals surface area contributed by atoms with Crippen molar-refractivity contribution in [1.82, 2.24) is 14.8 Å². The summed E-state index contributed by atoms with van der Waals surface area (Å²) in [6, 6.07) is 26.5.